The largest absolute Gasteiger partial charge is 0.472 e. The molecule has 0 aliphatic heterocycles. The first-order valence-corrected chi connectivity index (χ1v) is 41.0. The third-order valence-corrected chi connectivity index (χ3v) is 18.9. The normalized spacial score (nSPS) is 14.1. The first-order chi connectivity index (χ1) is 44.4. The Kier molecular flexibility index (Phi) is 63.7. The Bertz CT molecular complexity index is 1790. The van der Waals surface area contributed by atoms with E-state index in [2.05, 4.69) is 41.5 Å². The van der Waals surface area contributed by atoms with Crippen molar-refractivity contribution in [1.82, 2.24) is 0 Å². The number of aliphatic hydroxyl groups is 1. The van der Waals surface area contributed by atoms with Crippen LogP contribution in [0.4, 0.5) is 0 Å². The van der Waals surface area contributed by atoms with Crippen LogP contribution < -0.4 is 0 Å². The van der Waals surface area contributed by atoms with Crippen molar-refractivity contribution in [2.24, 2.45) is 11.8 Å². The van der Waals surface area contributed by atoms with Gasteiger partial charge in [0.1, 0.15) is 19.3 Å². The first kappa shape index (κ1) is 90.1. The van der Waals surface area contributed by atoms with E-state index >= 15 is 0 Å². The van der Waals surface area contributed by atoms with E-state index in [1.807, 2.05) is 0 Å². The van der Waals surface area contributed by atoms with Gasteiger partial charge in [0.15, 0.2) is 12.2 Å². The second-order valence-corrected chi connectivity index (χ2v) is 30.2. The molecule has 0 aromatic heterocycles. The van der Waals surface area contributed by atoms with Crippen LogP contribution in [-0.4, -0.2) is 96.7 Å². The maximum Gasteiger partial charge on any atom is 0.472 e. The predicted octanol–water partition coefficient (Wildman–Crippen LogP) is 21.2. The zero-order valence-corrected chi connectivity index (χ0v) is 61.6. The molecule has 5 atom stereocenters. The van der Waals surface area contributed by atoms with Crippen molar-refractivity contribution in [1.29, 1.82) is 0 Å². The third-order valence-electron chi connectivity index (χ3n) is 17.0. The van der Waals surface area contributed by atoms with Crippen molar-refractivity contribution in [2.45, 2.75) is 394 Å². The number of rotatable bonds is 72. The fourth-order valence-electron chi connectivity index (χ4n) is 11.1. The lowest BCUT2D eigenvalue weighted by Crippen LogP contribution is -2.30. The standard InChI is InChI=1S/C73H142O17P2/c1-7-9-11-13-15-17-19-26-30-37-43-49-55-70(75)83-61-68(89-73(78)58-52-46-40-32-28-24-22-21-23-25-29-35-41-47-53-65(3)4)63-87-91(79,80)85-59-67(74)60-86-92(81,82)88-64-69(62-84-71(76)56-50-44-38-34-33-36-42-48-54-66(5)6)90-72(77)57-51-45-39-31-27-20-18-16-14-12-10-8-2/h65-69,74H,7-64H2,1-6H3,(H,79,80)(H,81,82)/t67-,68-,69-/m1/s1. The SMILES string of the molecule is CCCCCCCCCCCCCCC(=O)OC[C@H](COP(=O)(O)OC[C@@H](O)COP(=O)(O)OC[C@@H](COC(=O)CCCCCCCCCCC(C)C)OC(=O)CCCCCCCCCCCCCC)OC(=O)CCCCCCCCCCCCCCCCC(C)C. The van der Waals surface area contributed by atoms with Crippen LogP contribution in [-0.2, 0) is 65.4 Å². The van der Waals surface area contributed by atoms with Crippen molar-refractivity contribution < 1.29 is 80.2 Å². The van der Waals surface area contributed by atoms with Gasteiger partial charge in [0.05, 0.1) is 26.4 Å². The molecule has 0 bridgehead atoms. The molecule has 17 nitrogen and oxygen atoms in total. The fraction of sp³-hybridized carbons (Fsp3) is 0.945. The lowest BCUT2D eigenvalue weighted by Gasteiger charge is -2.21. The molecule has 0 heterocycles. The van der Waals surface area contributed by atoms with E-state index in [-0.39, 0.29) is 25.7 Å². The molecule has 92 heavy (non-hydrogen) atoms. The summed E-state index contributed by atoms with van der Waals surface area (Å²) in [6.45, 7) is 9.56. The van der Waals surface area contributed by atoms with E-state index in [0.29, 0.717) is 25.7 Å². The second-order valence-electron chi connectivity index (χ2n) is 27.3. The molecule has 0 aromatic carbocycles. The van der Waals surface area contributed by atoms with Crippen molar-refractivity contribution in [3.63, 3.8) is 0 Å². The van der Waals surface area contributed by atoms with Gasteiger partial charge in [-0.1, -0.05) is 324 Å². The number of hydrogen-bond donors (Lipinski definition) is 3. The molecule has 2 unspecified atom stereocenters. The smallest absolute Gasteiger partial charge is 0.462 e. The van der Waals surface area contributed by atoms with Gasteiger partial charge in [-0.25, -0.2) is 9.13 Å². The van der Waals surface area contributed by atoms with Crippen LogP contribution in [0.1, 0.15) is 375 Å². The number of esters is 4. The van der Waals surface area contributed by atoms with Gasteiger partial charge < -0.3 is 33.8 Å². The Morgan fingerprint density at radius 2 is 0.500 bits per heavy atom. The molecule has 0 rings (SSSR count). The van der Waals surface area contributed by atoms with Gasteiger partial charge in [-0.2, -0.15) is 0 Å². The molecule has 0 radical (unpaired) electrons. The summed E-state index contributed by atoms with van der Waals surface area (Å²) >= 11 is 0. The van der Waals surface area contributed by atoms with Crippen molar-refractivity contribution >= 4 is 39.5 Å². The molecule has 0 saturated carbocycles. The van der Waals surface area contributed by atoms with Gasteiger partial charge >= 0.3 is 39.5 Å². The molecule has 0 fully saturated rings. The summed E-state index contributed by atoms with van der Waals surface area (Å²) in [7, 11) is -9.90. The van der Waals surface area contributed by atoms with E-state index in [9.17, 15) is 43.2 Å². The number of carbonyl (C=O) groups excluding carboxylic acids is 4. The zero-order valence-electron chi connectivity index (χ0n) is 59.9. The monoisotopic (exact) mass is 1350 g/mol. The molecular weight excluding hydrogens is 1210 g/mol. The summed E-state index contributed by atoms with van der Waals surface area (Å²) in [5.74, 6) is -0.596. The summed E-state index contributed by atoms with van der Waals surface area (Å²) in [6.07, 6.45) is 51.2. The number of ether oxygens (including phenoxy) is 4. The van der Waals surface area contributed by atoms with Crippen LogP contribution in [0.5, 0.6) is 0 Å². The molecule has 0 spiro atoms. The predicted molar refractivity (Wildman–Crippen MR) is 372 cm³/mol. The highest BCUT2D eigenvalue weighted by Gasteiger charge is 2.30. The average Bonchev–Trinajstić information content (AvgIpc) is 3.64. The molecule has 19 heteroatoms. The van der Waals surface area contributed by atoms with E-state index in [0.717, 1.165) is 102 Å². The Morgan fingerprint density at radius 1 is 0.293 bits per heavy atom. The minimum atomic E-state index is -4.95. The number of hydrogen-bond acceptors (Lipinski definition) is 15. The van der Waals surface area contributed by atoms with Crippen LogP contribution in [0, 0.1) is 11.8 Å². The lowest BCUT2D eigenvalue weighted by molar-refractivity contribution is -0.161. The van der Waals surface area contributed by atoms with E-state index in [4.69, 9.17) is 37.0 Å². The van der Waals surface area contributed by atoms with Gasteiger partial charge in [-0.3, -0.25) is 37.3 Å². The van der Waals surface area contributed by atoms with Crippen LogP contribution in [0.2, 0.25) is 0 Å². The highest BCUT2D eigenvalue weighted by atomic mass is 31.2. The minimum absolute atomic E-state index is 0.107. The third kappa shape index (κ3) is 66.7. The summed E-state index contributed by atoms with van der Waals surface area (Å²) in [4.78, 5) is 72.7. The maximum absolute atomic E-state index is 13.1. The molecule has 0 aliphatic rings. The summed E-state index contributed by atoms with van der Waals surface area (Å²) < 4.78 is 68.4. The lowest BCUT2D eigenvalue weighted by atomic mass is 10.0. The van der Waals surface area contributed by atoms with Gasteiger partial charge in [0.25, 0.3) is 0 Å². The molecule has 0 aromatic rings. The molecular formula is C73H142O17P2. The fourth-order valence-corrected chi connectivity index (χ4v) is 12.7. The van der Waals surface area contributed by atoms with Crippen LogP contribution in [0.25, 0.3) is 0 Å². The Hall–Kier alpha value is -1.94. The van der Waals surface area contributed by atoms with Crippen molar-refractivity contribution in [2.75, 3.05) is 39.6 Å². The van der Waals surface area contributed by atoms with E-state index < -0.39 is 97.5 Å². The molecule has 3 N–H and O–H groups in total. The Labute approximate surface area is 562 Å². The zero-order chi connectivity index (χ0) is 67.9. The molecule has 0 saturated heterocycles. The molecule has 0 aliphatic carbocycles. The van der Waals surface area contributed by atoms with E-state index in [1.165, 1.54) is 193 Å². The second kappa shape index (κ2) is 65.0. The van der Waals surface area contributed by atoms with Crippen LogP contribution in [0.15, 0.2) is 0 Å². The number of phosphoric acid groups is 2. The topological polar surface area (TPSA) is 237 Å². The first-order valence-electron chi connectivity index (χ1n) is 38.0. The molecule has 0 amide bonds. The Balaban J connectivity index is 5.24. The summed E-state index contributed by atoms with van der Waals surface area (Å²) in [6, 6.07) is 0. The van der Waals surface area contributed by atoms with E-state index in [1.54, 1.807) is 0 Å². The van der Waals surface area contributed by atoms with Gasteiger partial charge in [0.2, 0.25) is 0 Å². The van der Waals surface area contributed by atoms with Gasteiger partial charge in [-0.05, 0) is 37.5 Å². The maximum atomic E-state index is 13.1. The average molecular weight is 1350 g/mol. The number of aliphatic hydroxyl groups excluding tert-OH is 1. The summed E-state index contributed by atoms with van der Waals surface area (Å²) in [5, 5.41) is 10.6. The highest BCUT2D eigenvalue weighted by molar-refractivity contribution is 7.47. The van der Waals surface area contributed by atoms with Crippen molar-refractivity contribution in [3.05, 3.63) is 0 Å². The quantitative estimate of drug-likeness (QED) is 0.0222. The summed E-state index contributed by atoms with van der Waals surface area (Å²) in [5.41, 5.74) is 0. The van der Waals surface area contributed by atoms with Crippen LogP contribution in [0.3, 0.4) is 0 Å². The van der Waals surface area contributed by atoms with Crippen molar-refractivity contribution in [3.8, 4) is 0 Å². The van der Waals surface area contributed by atoms with Gasteiger partial charge in [-0.15, -0.1) is 0 Å². The molecule has 546 valence electrons. The number of carbonyl (C=O) groups is 4. The number of phosphoric ester groups is 2. The minimum Gasteiger partial charge on any atom is -0.462 e. The Morgan fingerprint density at radius 3 is 0.739 bits per heavy atom. The number of unbranched alkanes of at least 4 members (excludes halogenated alkanes) is 42. The van der Waals surface area contributed by atoms with Crippen LogP contribution >= 0.6 is 15.6 Å². The van der Waals surface area contributed by atoms with Gasteiger partial charge in [0, 0.05) is 25.7 Å². The highest BCUT2D eigenvalue weighted by Crippen LogP contribution is 2.45.